The molecule has 0 amide bonds. The van der Waals surface area contributed by atoms with Crippen LogP contribution in [0.15, 0.2) is 28.9 Å². The van der Waals surface area contributed by atoms with E-state index in [9.17, 15) is 0 Å². The number of aryl methyl sites for hydroxylation is 1. The number of methoxy groups -OCH3 is 1. The summed E-state index contributed by atoms with van der Waals surface area (Å²) >= 11 is 3.51. The number of fused-ring (bicyclic) bond motifs is 1. The van der Waals surface area contributed by atoms with Crippen molar-refractivity contribution in [3.63, 3.8) is 0 Å². The maximum atomic E-state index is 5.26. The van der Waals surface area contributed by atoms with E-state index in [4.69, 9.17) is 4.74 Å². The van der Waals surface area contributed by atoms with Crippen molar-refractivity contribution < 1.29 is 4.74 Å². The van der Waals surface area contributed by atoms with Crippen molar-refractivity contribution >= 4 is 26.8 Å². The Balaban J connectivity index is 2.87. The number of benzene rings is 1. The molecule has 0 aliphatic rings. The zero-order valence-corrected chi connectivity index (χ0v) is 9.63. The Kier molecular flexibility index (Phi) is 2.42. The third-order valence-electron chi connectivity index (χ3n) is 2.20. The van der Waals surface area contributed by atoms with Gasteiger partial charge in [0.05, 0.1) is 17.1 Å². The molecule has 0 radical (unpaired) electrons. The minimum Gasteiger partial charge on any atom is -0.496 e. The molecule has 2 rings (SSSR count). The van der Waals surface area contributed by atoms with E-state index >= 15 is 0 Å². The van der Waals surface area contributed by atoms with Gasteiger partial charge in [0.1, 0.15) is 5.75 Å². The van der Waals surface area contributed by atoms with Crippen LogP contribution in [0.2, 0.25) is 0 Å². The second-order valence-corrected chi connectivity index (χ2v) is 3.90. The predicted molar refractivity (Wildman–Crippen MR) is 60.7 cm³/mol. The molecule has 0 aliphatic carbocycles. The van der Waals surface area contributed by atoms with Gasteiger partial charge in [-0.15, -0.1) is 0 Å². The van der Waals surface area contributed by atoms with E-state index in [1.807, 2.05) is 25.1 Å². The third-order valence-corrected chi connectivity index (χ3v) is 3.02. The van der Waals surface area contributed by atoms with Gasteiger partial charge in [-0.05, 0) is 46.6 Å². The van der Waals surface area contributed by atoms with Crippen LogP contribution in [0, 0.1) is 6.92 Å². The molecule has 0 fully saturated rings. The van der Waals surface area contributed by atoms with E-state index in [1.54, 1.807) is 13.3 Å². The second-order valence-electron chi connectivity index (χ2n) is 3.11. The van der Waals surface area contributed by atoms with Gasteiger partial charge in [-0.3, -0.25) is 4.98 Å². The summed E-state index contributed by atoms with van der Waals surface area (Å²) in [6.45, 7) is 2.03. The number of aromatic nitrogens is 1. The van der Waals surface area contributed by atoms with Crippen LogP contribution in [0.5, 0.6) is 5.75 Å². The summed E-state index contributed by atoms with van der Waals surface area (Å²) < 4.78 is 6.23. The minimum absolute atomic E-state index is 0.850. The summed E-state index contributed by atoms with van der Waals surface area (Å²) in [6.07, 6.45) is 1.80. The van der Waals surface area contributed by atoms with Gasteiger partial charge in [0, 0.05) is 11.6 Å². The average Bonchev–Trinajstić information content (AvgIpc) is 2.23. The second kappa shape index (κ2) is 3.58. The molecule has 0 atom stereocenters. The molecule has 1 heterocycles. The molecule has 0 saturated heterocycles. The fourth-order valence-electron chi connectivity index (χ4n) is 1.51. The highest BCUT2D eigenvalue weighted by molar-refractivity contribution is 9.10. The number of halogens is 1. The number of nitrogens with zero attached hydrogens (tertiary/aromatic N) is 1. The number of rotatable bonds is 1. The van der Waals surface area contributed by atoms with Crippen LogP contribution in [0.25, 0.3) is 10.9 Å². The molecule has 0 spiro atoms. The molecule has 3 heteroatoms. The zero-order valence-electron chi connectivity index (χ0n) is 8.04. The average molecular weight is 252 g/mol. The first-order valence-corrected chi connectivity index (χ1v) is 5.11. The predicted octanol–water partition coefficient (Wildman–Crippen LogP) is 3.31. The summed E-state index contributed by atoms with van der Waals surface area (Å²) in [5, 5.41) is 1.09. The van der Waals surface area contributed by atoms with E-state index in [0.717, 1.165) is 26.7 Å². The molecule has 0 aliphatic heterocycles. The van der Waals surface area contributed by atoms with Crippen molar-refractivity contribution in [3.8, 4) is 5.75 Å². The van der Waals surface area contributed by atoms with E-state index in [2.05, 4.69) is 20.9 Å². The van der Waals surface area contributed by atoms with Gasteiger partial charge in [-0.25, -0.2) is 0 Å². The van der Waals surface area contributed by atoms with Crippen LogP contribution in [0.4, 0.5) is 0 Å². The highest BCUT2D eigenvalue weighted by Gasteiger charge is 2.08. The van der Waals surface area contributed by atoms with Crippen LogP contribution in [-0.2, 0) is 0 Å². The molecule has 14 heavy (non-hydrogen) atoms. The smallest absolute Gasteiger partial charge is 0.134 e. The molecule has 0 unspecified atom stereocenters. The molecule has 2 nitrogen and oxygen atoms in total. The van der Waals surface area contributed by atoms with Crippen molar-refractivity contribution in [2.75, 3.05) is 7.11 Å². The monoisotopic (exact) mass is 251 g/mol. The molecule has 0 N–H and O–H groups in total. The highest BCUT2D eigenvalue weighted by atomic mass is 79.9. The normalized spacial score (nSPS) is 10.5. The maximum Gasteiger partial charge on any atom is 0.134 e. The van der Waals surface area contributed by atoms with E-state index in [1.165, 1.54) is 0 Å². The zero-order chi connectivity index (χ0) is 10.1. The maximum absolute atomic E-state index is 5.26. The summed E-state index contributed by atoms with van der Waals surface area (Å²) in [5.41, 5.74) is 2.14. The van der Waals surface area contributed by atoms with Gasteiger partial charge in [-0.2, -0.15) is 0 Å². The quantitative estimate of drug-likeness (QED) is 0.776. The fraction of sp³-hybridized carbons (Fsp3) is 0.182. The highest BCUT2D eigenvalue weighted by Crippen LogP contribution is 2.33. The van der Waals surface area contributed by atoms with Crippen LogP contribution in [0.3, 0.4) is 0 Å². The molecule has 72 valence electrons. The van der Waals surface area contributed by atoms with E-state index in [0.29, 0.717) is 0 Å². The summed E-state index contributed by atoms with van der Waals surface area (Å²) in [6, 6.07) is 5.94. The SMILES string of the molecule is COc1cc(C)c2ncccc2c1Br. The topological polar surface area (TPSA) is 22.1 Å². The molecular formula is C11H10BrNO. The Hall–Kier alpha value is -1.09. The van der Waals surface area contributed by atoms with Crippen LogP contribution in [-0.4, -0.2) is 12.1 Å². The summed E-state index contributed by atoms with van der Waals surface area (Å²) in [4.78, 5) is 4.33. The summed E-state index contributed by atoms with van der Waals surface area (Å²) in [7, 11) is 1.67. The van der Waals surface area contributed by atoms with Gasteiger partial charge in [0.25, 0.3) is 0 Å². The first-order valence-electron chi connectivity index (χ1n) is 4.32. The molecule has 2 aromatic rings. The lowest BCUT2D eigenvalue weighted by atomic mass is 10.1. The van der Waals surface area contributed by atoms with Crippen LogP contribution >= 0.6 is 15.9 Å². The lowest BCUT2D eigenvalue weighted by Gasteiger charge is -2.08. The third kappa shape index (κ3) is 1.38. The van der Waals surface area contributed by atoms with E-state index < -0.39 is 0 Å². The van der Waals surface area contributed by atoms with Gasteiger partial charge >= 0.3 is 0 Å². The Morgan fingerprint density at radius 2 is 2.21 bits per heavy atom. The van der Waals surface area contributed by atoms with Crippen molar-refractivity contribution in [3.05, 3.63) is 34.4 Å². The standard InChI is InChI=1S/C11H10BrNO/c1-7-6-9(14-2)10(12)8-4-3-5-13-11(7)8/h3-6H,1-2H3. The van der Waals surface area contributed by atoms with Crippen molar-refractivity contribution in [2.45, 2.75) is 6.92 Å². The Morgan fingerprint density at radius 3 is 2.93 bits per heavy atom. The van der Waals surface area contributed by atoms with Crippen molar-refractivity contribution in [2.24, 2.45) is 0 Å². The van der Waals surface area contributed by atoms with E-state index in [-0.39, 0.29) is 0 Å². The van der Waals surface area contributed by atoms with Crippen LogP contribution < -0.4 is 4.74 Å². The van der Waals surface area contributed by atoms with Gasteiger partial charge in [0.15, 0.2) is 0 Å². The van der Waals surface area contributed by atoms with Gasteiger partial charge in [-0.1, -0.05) is 0 Å². The largest absolute Gasteiger partial charge is 0.496 e. The first kappa shape index (κ1) is 9.46. The minimum atomic E-state index is 0.850. The molecule has 1 aromatic carbocycles. The van der Waals surface area contributed by atoms with Crippen LogP contribution in [0.1, 0.15) is 5.56 Å². The number of ether oxygens (including phenoxy) is 1. The van der Waals surface area contributed by atoms with Gasteiger partial charge < -0.3 is 4.74 Å². The number of hydrogen-bond donors (Lipinski definition) is 0. The Labute approximate surface area is 91.0 Å². The molecular weight excluding hydrogens is 242 g/mol. The summed E-state index contributed by atoms with van der Waals surface area (Å²) in [5.74, 6) is 0.850. The number of hydrogen-bond acceptors (Lipinski definition) is 2. The van der Waals surface area contributed by atoms with Gasteiger partial charge in [0.2, 0.25) is 0 Å². The first-order chi connectivity index (χ1) is 6.74. The molecule has 0 saturated carbocycles. The van der Waals surface area contributed by atoms with Crippen molar-refractivity contribution in [1.82, 2.24) is 4.98 Å². The molecule has 1 aromatic heterocycles. The molecule has 0 bridgehead atoms. The fourth-order valence-corrected chi connectivity index (χ4v) is 2.10. The van der Waals surface area contributed by atoms with Crippen molar-refractivity contribution in [1.29, 1.82) is 0 Å². The number of pyridine rings is 1. The lowest BCUT2D eigenvalue weighted by Crippen LogP contribution is -1.89. The Morgan fingerprint density at radius 1 is 1.43 bits per heavy atom. The Bertz CT molecular complexity index is 482. The lowest BCUT2D eigenvalue weighted by molar-refractivity contribution is 0.412.